The third kappa shape index (κ3) is 5.47. The van der Waals surface area contributed by atoms with E-state index in [9.17, 15) is 18.3 Å². The molecule has 128 valence electrons. The summed E-state index contributed by atoms with van der Waals surface area (Å²) >= 11 is 0. The van der Waals surface area contributed by atoms with Gasteiger partial charge in [0.1, 0.15) is 6.04 Å². The molecule has 0 saturated heterocycles. The summed E-state index contributed by atoms with van der Waals surface area (Å²) in [5.74, 6) is -1.43. The maximum Gasteiger partial charge on any atom is 0.322 e. The number of carbonyl (C=O) groups is 1. The van der Waals surface area contributed by atoms with Gasteiger partial charge in [-0.2, -0.15) is 0 Å². The number of aryl methyl sites for hydroxylation is 1. The van der Waals surface area contributed by atoms with E-state index in [2.05, 4.69) is 4.72 Å². The van der Waals surface area contributed by atoms with Crippen molar-refractivity contribution >= 4 is 16.0 Å². The molecule has 2 N–H and O–H groups in total. The van der Waals surface area contributed by atoms with Gasteiger partial charge in [0.15, 0.2) is 0 Å². The lowest BCUT2D eigenvalue weighted by Gasteiger charge is -2.15. The summed E-state index contributed by atoms with van der Waals surface area (Å²) in [6.07, 6.45) is 0.980. The van der Waals surface area contributed by atoms with E-state index in [0.717, 1.165) is 17.5 Å². The van der Waals surface area contributed by atoms with Crippen LogP contribution in [0.5, 0.6) is 0 Å². The van der Waals surface area contributed by atoms with E-state index in [1.807, 2.05) is 25.1 Å². The van der Waals surface area contributed by atoms with Crippen LogP contribution < -0.4 is 4.72 Å². The number of aliphatic carboxylic acids is 1. The maximum absolute atomic E-state index is 12.3. The Morgan fingerprint density at radius 1 is 1.00 bits per heavy atom. The molecule has 0 spiro atoms. The normalized spacial score (nSPS) is 12.7. The molecule has 0 aliphatic carbocycles. The largest absolute Gasteiger partial charge is 0.480 e. The zero-order valence-corrected chi connectivity index (χ0v) is 14.3. The highest BCUT2D eigenvalue weighted by Crippen LogP contribution is 2.10. The van der Waals surface area contributed by atoms with Crippen molar-refractivity contribution in [3.8, 4) is 0 Å². The Bertz CT molecular complexity index is 770. The average Bonchev–Trinajstić information content (AvgIpc) is 2.55. The predicted octanol–water partition coefficient (Wildman–Crippen LogP) is 2.36. The highest BCUT2D eigenvalue weighted by molar-refractivity contribution is 7.88. The number of hydrogen-bond acceptors (Lipinski definition) is 3. The number of hydrogen-bond donors (Lipinski definition) is 2. The smallest absolute Gasteiger partial charge is 0.322 e. The maximum atomic E-state index is 12.3. The molecular weight excluding hydrogens is 326 g/mol. The van der Waals surface area contributed by atoms with Gasteiger partial charge in [0, 0.05) is 0 Å². The van der Waals surface area contributed by atoms with Crippen molar-refractivity contribution in [2.75, 3.05) is 0 Å². The second-order valence-electron chi connectivity index (χ2n) is 5.63. The first-order valence-electron chi connectivity index (χ1n) is 7.74. The monoisotopic (exact) mass is 347 g/mol. The number of rotatable bonds is 8. The number of benzene rings is 2. The van der Waals surface area contributed by atoms with Crippen molar-refractivity contribution in [2.24, 2.45) is 0 Å². The summed E-state index contributed by atoms with van der Waals surface area (Å²) < 4.78 is 26.9. The SMILES string of the molecule is CCc1ccc(CS(=O)(=O)N[C@H](Cc2ccccc2)C(=O)O)cc1. The fourth-order valence-electron chi connectivity index (χ4n) is 2.38. The molecule has 0 aromatic heterocycles. The second kappa shape index (κ2) is 8.08. The van der Waals surface area contributed by atoms with Crippen LogP contribution >= 0.6 is 0 Å². The van der Waals surface area contributed by atoms with Crippen LogP contribution in [0, 0.1) is 0 Å². The van der Waals surface area contributed by atoms with Crippen LogP contribution in [0.25, 0.3) is 0 Å². The first kappa shape index (κ1) is 18.2. The fourth-order valence-corrected chi connectivity index (χ4v) is 3.71. The summed E-state index contributed by atoms with van der Waals surface area (Å²) in [4.78, 5) is 11.4. The minimum absolute atomic E-state index is 0.101. The number of carboxylic acid groups (broad SMARTS) is 1. The minimum atomic E-state index is -3.75. The molecule has 0 radical (unpaired) electrons. The number of carboxylic acids is 1. The second-order valence-corrected chi connectivity index (χ2v) is 7.38. The summed E-state index contributed by atoms with van der Waals surface area (Å²) in [5.41, 5.74) is 2.51. The zero-order valence-electron chi connectivity index (χ0n) is 13.5. The Balaban J connectivity index is 2.07. The van der Waals surface area contributed by atoms with Gasteiger partial charge in [0.25, 0.3) is 0 Å². The topological polar surface area (TPSA) is 83.5 Å². The van der Waals surface area contributed by atoms with Crippen molar-refractivity contribution in [1.29, 1.82) is 0 Å². The van der Waals surface area contributed by atoms with E-state index in [0.29, 0.717) is 5.56 Å². The Labute approximate surface area is 142 Å². The predicted molar refractivity (Wildman–Crippen MR) is 93.1 cm³/mol. The average molecular weight is 347 g/mol. The van der Waals surface area contributed by atoms with Crippen LogP contribution in [0.15, 0.2) is 54.6 Å². The van der Waals surface area contributed by atoms with E-state index in [-0.39, 0.29) is 12.2 Å². The van der Waals surface area contributed by atoms with Crippen molar-refractivity contribution < 1.29 is 18.3 Å². The Morgan fingerprint density at radius 2 is 1.58 bits per heavy atom. The summed E-state index contributed by atoms with van der Waals surface area (Å²) in [6.45, 7) is 2.02. The molecule has 2 aromatic carbocycles. The van der Waals surface area contributed by atoms with Gasteiger partial charge in [-0.1, -0.05) is 61.5 Å². The molecule has 1 atom stereocenters. The van der Waals surface area contributed by atoms with Crippen LogP contribution in [-0.2, 0) is 33.4 Å². The van der Waals surface area contributed by atoms with Crippen molar-refractivity contribution in [3.05, 3.63) is 71.3 Å². The molecule has 0 amide bonds. The first-order valence-corrected chi connectivity index (χ1v) is 9.39. The summed E-state index contributed by atoms with van der Waals surface area (Å²) in [7, 11) is -3.75. The molecule has 0 heterocycles. The molecular formula is C18H21NO4S. The Kier molecular flexibility index (Phi) is 6.11. The Hall–Kier alpha value is -2.18. The highest BCUT2D eigenvalue weighted by atomic mass is 32.2. The third-order valence-corrected chi connectivity index (χ3v) is 5.05. The van der Waals surface area contributed by atoms with Crippen LogP contribution in [0.3, 0.4) is 0 Å². The summed E-state index contributed by atoms with van der Waals surface area (Å²) in [6, 6.07) is 15.0. The standard InChI is InChI=1S/C18H21NO4S/c1-2-14-8-10-16(11-9-14)13-24(22,23)19-17(18(20)21)12-15-6-4-3-5-7-15/h3-11,17,19H,2,12-13H2,1H3,(H,20,21)/t17-/m1/s1. The van der Waals surface area contributed by atoms with Gasteiger partial charge in [-0.15, -0.1) is 0 Å². The highest BCUT2D eigenvalue weighted by Gasteiger charge is 2.24. The lowest BCUT2D eigenvalue weighted by molar-refractivity contribution is -0.138. The van der Waals surface area contributed by atoms with Gasteiger partial charge in [-0.05, 0) is 29.5 Å². The molecule has 0 saturated carbocycles. The lowest BCUT2D eigenvalue weighted by atomic mass is 10.1. The molecule has 2 rings (SSSR count). The van der Waals surface area contributed by atoms with Crippen molar-refractivity contribution in [2.45, 2.75) is 31.6 Å². The molecule has 0 aliphatic heterocycles. The minimum Gasteiger partial charge on any atom is -0.480 e. The van der Waals surface area contributed by atoms with Crippen molar-refractivity contribution in [1.82, 2.24) is 4.72 Å². The molecule has 2 aromatic rings. The molecule has 24 heavy (non-hydrogen) atoms. The van der Waals surface area contributed by atoms with E-state index in [1.54, 1.807) is 36.4 Å². The van der Waals surface area contributed by atoms with E-state index < -0.39 is 22.0 Å². The van der Waals surface area contributed by atoms with Gasteiger partial charge in [-0.25, -0.2) is 13.1 Å². The lowest BCUT2D eigenvalue weighted by Crippen LogP contribution is -2.42. The summed E-state index contributed by atoms with van der Waals surface area (Å²) in [5, 5.41) is 9.31. The third-order valence-electron chi connectivity index (χ3n) is 3.69. The van der Waals surface area contributed by atoms with E-state index in [1.165, 1.54) is 0 Å². The van der Waals surface area contributed by atoms with E-state index in [4.69, 9.17) is 0 Å². The molecule has 0 aliphatic rings. The van der Waals surface area contributed by atoms with Crippen LogP contribution in [-0.4, -0.2) is 25.5 Å². The molecule has 6 heteroatoms. The molecule has 0 unspecified atom stereocenters. The van der Waals surface area contributed by atoms with Gasteiger partial charge in [0.2, 0.25) is 10.0 Å². The van der Waals surface area contributed by atoms with Crippen LogP contribution in [0.4, 0.5) is 0 Å². The van der Waals surface area contributed by atoms with Crippen LogP contribution in [0.1, 0.15) is 23.6 Å². The number of nitrogens with one attached hydrogen (secondary N) is 1. The zero-order chi connectivity index (χ0) is 17.6. The van der Waals surface area contributed by atoms with Crippen molar-refractivity contribution in [3.63, 3.8) is 0 Å². The van der Waals surface area contributed by atoms with Gasteiger partial charge in [0.05, 0.1) is 5.75 Å². The molecule has 5 nitrogen and oxygen atoms in total. The quantitative estimate of drug-likeness (QED) is 0.768. The van der Waals surface area contributed by atoms with Crippen LogP contribution in [0.2, 0.25) is 0 Å². The first-order chi connectivity index (χ1) is 11.4. The Morgan fingerprint density at radius 3 is 2.12 bits per heavy atom. The molecule has 0 fully saturated rings. The van der Waals surface area contributed by atoms with Gasteiger partial charge >= 0.3 is 5.97 Å². The molecule has 0 bridgehead atoms. The fraction of sp³-hybridized carbons (Fsp3) is 0.278. The number of sulfonamides is 1. The van der Waals surface area contributed by atoms with Gasteiger partial charge < -0.3 is 5.11 Å². The van der Waals surface area contributed by atoms with E-state index >= 15 is 0 Å². The van der Waals surface area contributed by atoms with Gasteiger partial charge in [-0.3, -0.25) is 4.79 Å².